The van der Waals surface area contributed by atoms with Gasteiger partial charge in [-0.15, -0.1) is 0 Å². The topological polar surface area (TPSA) is 45.2 Å². The van der Waals surface area contributed by atoms with Crippen LogP contribution in [0.3, 0.4) is 0 Å². The van der Waals surface area contributed by atoms with Gasteiger partial charge in [0.2, 0.25) is 0 Å². The molecule has 2 N–H and O–H groups in total. The number of nitrogens with zero attached hydrogens (tertiary/aromatic N) is 1. The van der Waals surface area contributed by atoms with Gasteiger partial charge in [0.25, 0.3) is 0 Å². The predicted molar refractivity (Wildman–Crippen MR) is 61.5 cm³/mol. The average molecular weight is 208 g/mol. The van der Waals surface area contributed by atoms with Gasteiger partial charge in [0, 0.05) is 18.3 Å². The third-order valence-electron chi connectivity index (χ3n) is 2.69. The number of nitrogens with one attached hydrogen (secondary N) is 1. The normalized spacial score (nSPS) is 16.1. The Morgan fingerprint density at radius 2 is 2.00 bits per heavy atom. The Balaban J connectivity index is 2.61. The van der Waals surface area contributed by atoms with Gasteiger partial charge in [-0.1, -0.05) is 6.07 Å². The summed E-state index contributed by atoms with van der Waals surface area (Å²) in [7, 11) is 0. The quantitative estimate of drug-likeness (QED) is 0.794. The minimum atomic E-state index is -0.719. The van der Waals surface area contributed by atoms with E-state index in [4.69, 9.17) is 0 Å². The lowest BCUT2D eigenvalue weighted by molar-refractivity contribution is 0.0403. The molecule has 0 aliphatic heterocycles. The summed E-state index contributed by atoms with van der Waals surface area (Å²) in [6.45, 7) is 7.62. The fourth-order valence-corrected chi connectivity index (χ4v) is 1.30. The Labute approximate surface area is 91.5 Å². The number of rotatable bonds is 4. The molecule has 0 amide bonds. The van der Waals surface area contributed by atoms with Gasteiger partial charge < -0.3 is 10.4 Å². The molecule has 0 aliphatic carbocycles. The zero-order valence-electron chi connectivity index (χ0n) is 9.86. The van der Waals surface area contributed by atoms with Gasteiger partial charge in [0.15, 0.2) is 0 Å². The van der Waals surface area contributed by atoms with Crippen molar-refractivity contribution in [2.75, 3.05) is 0 Å². The molecule has 1 heterocycles. The van der Waals surface area contributed by atoms with E-state index < -0.39 is 5.60 Å². The number of pyridine rings is 1. The summed E-state index contributed by atoms with van der Waals surface area (Å²) in [4.78, 5) is 4.27. The number of aromatic nitrogens is 1. The third kappa shape index (κ3) is 3.61. The molecule has 0 aliphatic rings. The minimum Gasteiger partial charge on any atom is -0.389 e. The van der Waals surface area contributed by atoms with Crippen LogP contribution >= 0.6 is 0 Å². The molecule has 0 saturated carbocycles. The Hall–Kier alpha value is -0.930. The maximum absolute atomic E-state index is 9.80. The number of hydrogen-bond donors (Lipinski definition) is 2. The average Bonchev–Trinajstić information content (AvgIpc) is 2.17. The fourth-order valence-electron chi connectivity index (χ4n) is 1.30. The predicted octanol–water partition coefficient (Wildman–Crippen LogP) is 1.89. The second-order valence-corrected chi connectivity index (χ2v) is 4.52. The molecule has 0 spiro atoms. The lowest BCUT2D eigenvalue weighted by Gasteiger charge is -2.29. The van der Waals surface area contributed by atoms with Gasteiger partial charge in [0.05, 0.1) is 11.3 Å². The molecule has 0 radical (unpaired) electrons. The van der Waals surface area contributed by atoms with Crippen molar-refractivity contribution < 1.29 is 5.11 Å². The first-order valence-electron chi connectivity index (χ1n) is 5.30. The molecule has 3 heteroatoms. The highest BCUT2D eigenvalue weighted by molar-refractivity contribution is 5.08. The van der Waals surface area contributed by atoms with Crippen LogP contribution < -0.4 is 5.32 Å². The van der Waals surface area contributed by atoms with E-state index in [0.717, 1.165) is 5.69 Å². The molecule has 0 aromatic carbocycles. The van der Waals surface area contributed by atoms with E-state index in [-0.39, 0.29) is 12.1 Å². The zero-order valence-corrected chi connectivity index (χ0v) is 9.86. The third-order valence-corrected chi connectivity index (χ3v) is 2.69. The lowest BCUT2D eigenvalue weighted by atomic mass is 9.99. The van der Waals surface area contributed by atoms with Crippen LogP contribution in [-0.4, -0.2) is 21.7 Å². The van der Waals surface area contributed by atoms with E-state index in [9.17, 15) is 5.11 Å². The van der Waals surface area contributed by atoms with E-state index in [1.807, 2.05) is 32.0 Å². The van der Waals surface area contributed by atoms with Gasteiger partial charge in [-0.05, 0) is 39.8 Å². The van der Waals surface area contributed by atoms with E-state index in [0.29, 0.717) is 0 Å². The number of aliphatic hydroxyl groups is 1. The highest BCUT2D eigenvalue weighted by Gasteiger charge is 2.23. The van der Waals surface area contributed by atoms with Crippen LogP contribution in [0.2, 0.25) is 0 Å². The molecule has 3 nitrogen and oxygen atoms in total. The summed E-state index contributed by atoms with van der Waals surface area (Å²) in [6, 6.07) is 6.02. The summed E-state index contributed by atoms with van der Waals surface area (Å²) < 4.78 is 0. The molecule has 0 saturated heterocycles. The summed E-state index contributed by atoms with van der Waals surface area (Å²) >= 11 is 0. The van der Waals surface area contributed by atoms with Gasteiger partial charge in [-0.25, -0.2) is 0 Å². The molecule has 0 fully saturated rings. The Morgan fingerprint density at radius 3 is 2.47 bits per heavy atom. The second kappa shape index (κ2) is 4.73. The molecule has 84 valence electrons. The molecule has 0 bridgehead atoms. The van der Waals surface area contributed by atoms with Crippen LogP contribution in [-0.2, 0) is 0 Å². The Bertz CT molecular complexity index is 292. The SMILES string of the molecule is CC(N[C@H](C)c1ccccn1)C(C)(C)O. The van der Waals surface area contributed by atoms with Crippen LogP contribution in [0.15, 0.2) is 24.4 Å². The molecule has 15 heavy (non-hydrogen) atoms. The van der Waals surface area contributed by atoms with Crippen LogP contribution in [0, 0.1) is 0 Å². The Morgan fingerprint density at radius 1 is 1.33 bits per heavy atom. The minimum absolute atomic E-state index is 0.0227. The van der Waals surface area contributed by atoms with E-state index in [2.05, 4.69) is 10.3 Å². The molecular formula is C12H20N2O. The molecule has 1 rings (SSSR count). The monoisotopic (exact) mass is 208 g/mol. The van der Waals surface area contributed by atoms with Crippen molar-refractivity contribution in [3.05, 3.63) is 30.1 Å². The Kier molecular flexibility index (Phi) is 3.83. The van der Waals surface area contributed by atoms with Gasteiger partial charge in [-0.2, -0.15) is 0 Å². The lowest BCUT2D eigenvalue weighted by Crippen LogP contribution is -2.45. The van der Waals surface area contributed by atoms with Crippen LogP contribution in [0.1, 0.15) is 39.4 Å². The van der Waals surface area contributed by atoms with Crippen molar-refractivity contribution in [3.8, 4) is 0 Å². The summed E-state index contributed by atoms with van der Waals surface area (Å²) in [5.41, 5.74) is 0.275. The maximum Gasteiger partial charge on any atom is 0.0741 e. The standard InChI is InChI=1S/C12H20N2O/c1-9(11-7-5-6-8-13-11)14-10(2)12(3,4)15/h5-10,14-15H,1-4H3/t9-,10?/m1/s1. The highest BCUT2D eigenvalue weighted by Crippen LogP contribution is 2.14. The summed E-state index contributed by atoms with van der Waals surface area (Å²) in [5, 5.41) is 13.1. The first kappa shape index (κ1) is 12.1. The van der Waals surface area contributed by atoms with Crippen LogP contribution in [0.25, 0.3) is 0 Å². The largest absolute Gasteiger partial charge is 0.389 e. The van der Waals surface area contributed by atoms with Gasteiger partial charge in [-0.3, -0.25) is 4.98 Å². The van der Waals surface area contributed by atoms with Gasteiger partial charge >= 0.3 is 0 Å². The molecule has 1 unspecified atom stereocenters. The first-order chi connectivity index (χ1) is 6.91. The molecular weight excluding hydrogens is 188 g/mol. The maximum atomic E-state index is 9.80. The van der Waals surface area contributed by atoms with Crippen molar-refractivity contribution in [1.29, 1.82) is 0 Å². The molecule has 2 atom stereocenters. The molecule has 1 aromatic heterocycles. The van der Waals surface area contributed by atoms with Crippen molar-refractivity contribution in [2.45, 2.75) is 45.4 Å². The number of hydrogen-bond acceptors (Lipinski definition) is 3. The van der Waals surface area contributed by atoms with Crippen LogP contribution in [0.5, 0.6) is 0 Å². The van der Waals surface area contributed by atoms with E-state index in [1.54, 1.807) is 20.0 Å². The van der Waals surface area contributed by atoms with Crippen molar-refractivity contribution in [1.82, 2.24) is 10.3 Å². The van der Waals surface area contributed by atoms with E-state index >= 15 is 0 Å². The highest BCUT2D eigenvalue weighted by atomic mass is 16.3. The smallest absolute Gasteiger partial charge is 0.0741 e. The van der Waals surface area contributed by atoms with Gasteiger partial charge in [0.1, 0.15) is 0 Å². The zero-order chi connectivity index (χ0) is 11.5. The van der Waals surface area contributed by atoms with Crippen molar-refractivity contribution in [2.24, 2.45) is 0 Å². The fraction of sp³-hybridized carbons (Fsp3) is 0.583. The van der Waals surface area contributed by atoms with Crippen molar-refractivity contribution >= 4 is 0 Å². The van der Waals surface area contributed by atoms with Crippen LogP contribution in [0.4, 0.5) is 0 Å². The first-order valence-corrected chi connectivity index (χ1v) is 5.30. The van der Waals surface area contributed by atoms with E-state index in [1.165, 1.54) is 0 Å². The van der Waals surface area contributed by atoms with Crippen molar-refractivity contribution in [3.63, 3.8) is 0 Å². The second-order valence-electron chi connectivity index (χ2n) is 4.52. The summed E-state index contributed by atoms with van der Waals surface area (Å²) in [5.74, 6) is 0. The molecule has 1 aromatic rings. The summed E-state index contributed by atoms with van der Waals surface area (Å²) in [6.07, 6.45) is 1.78.